The summed E-state index contributed by atoms with van der Waals surface area (Å²) in [6.45, 7) is 0.0420. The highest BCUT2D eigenvalue weighted by Crippen LogP contribution is 2.36. The highest BCUT2D eigenvalue weighted by molar-refractivity contribution is 9.10. The van der Waals surface area contributed by atoms with E-state index in [4.69, 9.17) is 0 Å². The van der Waals surface area contributed by atoms with Gasteiger partial charge in [-0.2, -0.15) is 4.39 Å². The highest BCUT2D eigenvalue weighted by Gasteiger charge is 2.27. The van der Waals surface area contributed by atoms with Crippen LogP contribution < -0.4 is 4.90 Å². The second kappa shape index (κ2) is 7.68. The molecule has 0 aliphatic rings. The van der Waals surface area contributed by atoms with Crippen molar-refractivity contribution in [3.63, 3.8) is 0 Å². The van der Waals surface area contributed by atoms with Gasteiger partial charge in [-0.3, -0.25) is 14.9 Å². The van der Waals surface area contributed by atoms with Gasteiger partial charge in [0.1, 0.15) is 5.69 Å². The van der Waals surface area contributed by atoms with Gasteiger partial charge in [0, 0.05) is 0 Å². The number of benzene rings is 2. The molecule has 0 aliphatic heterocycles. The van der Waals surface area contributed by atoms with Crippen LogP contribution in [0.15, 0.2) is 39.1 Å². The minimum Gasteiger partial charge on any atom is -0.304 e. The molecule has 2 aromatic carbocycles. The Kier molecular flexibility index (Phi) is 5.54. The molecule has 0 atom stereocenters. The first kappa shape index (κ1) is 18.7. The van der Waals surface area contributed by atoms with Crippen molar-refractivity contribution in [2.24, 2.45) is 0 Å². The fraction of sp³-hybridized carbons (Fsp3) is 0.125. The van der Waals surface area contributed by atoms with Crippen molar-refractivity contribution in [2.45, 2.75) is 10.9 Å². The minimum absolute atomic E-state index is 0.0370. The number of nitro groups is 1. The van der Waals surface area contributed by atoms with Crippen LogP contribution >= 0.6 is 39.0 Å². The lowest BCUT2D eigenvalue weighted by atomic mass is 10.1. The molecule has 3 rings (SSSR count). The Morgan fingerprint density at radius 3 is 2.85 bits per heavy atom. The summed E-state index contributed by atoms with van der Waals surface area (Å²) in [5, 5.41) is 11.3. The van der Waals surface area contributed by atoms with Crippen LogP contribution in [0, 0.1) is 15.9 Å². The summed E-state index contributed by atoms with van der Waals surface area (Å²) in [6, 6.07) is 8.23. The van der Waals surface area contributed by atoms with Gasteiger partial charge in [0.25, 0.3) is 0 Å². The number of thioether (sulfide) groups is 1. The topological polar surface area (TPSA) is 76.3 Å². The summed E-state index contributed by atoms with van der Waals surface area (Å²) in [4.78, 5) is 27.7. The van der Waals surface area contributed by atoms with Crippen LogP contribution in [0.4, 0.5) is 15.8 Å². The van der Waals surface area contributed by atoms with Crippen LogP contribution in [-0.4, -0.2) is 22.6 Å². The molecular weight excluding hydrogens is 445 g/mol. The smallest absolute Gasteiger partial charge is 0.304 e. The molecule has 0 unspecified atom stereocenters. The molecule has 0 bridgehead atoms. The van der Waals surface area contributed by atoms with Crippen LogP contribution in [0.2, 0.25) is 0 Å². The van der Waals surface area contributed by atoms with Gasteiger partial charge in [-0.1, -0.05) is 23.9 Å². The summed E-state index contributed by atoms with van der Waals surface area (Å²) in [5.41, 5.74) is 0.600. The average Bonchev–Trinajstić information content (AvgIpc) is 3.05. The first-order valence-corrected chi connectivity index (χ1v) is 10.1. The average molecular weight is 456 g/mol. The monoisotopic (exact) mass is 455 g/mol. The van der Waals surface area contributed by atoms with E-state index in [1.807, 2.05) is 18.4 Å². The largest absolute Gasteiger partial charge is 0.329 e. The predicted molar refractivity (Wildman–Crippen MR) is 104 cm³/mol. The second-order valence-corrected chi connectivity index (χ2v) is 8.11. The number of hydrogen-bond donors (Lipinski definition) is 0. The van der Waals surface area contributed by atoms with E-state index in [1.54, 1.807) is 6.07 Å². The van der Waals surface area contributed by atoms with E-state index >= 15 is 0 Å². The van der Waals surface area contributed by atoms with E-state index < -0.39 is 16.4 Å². The van der Waals surface area contributed by atoms with Crippen LogP contribution in [0.5, 0.6) is 0 Å². The zero-order valence-electron chi connectivity index (χ0n) is 13.3. The molecule has 0 fully saturated rings. The molecule has 0 radical (unpaired) electrons. The minimum atomic E-state index is -1.02. The van der Waals surface area contributed by atoms with Gasteiger partial charge >= 0.3 is 5.69 Å². The number of aromatic nitrogens is 1. The number of nitrogens with zero attached hydrogens (tertiary/aromatic N) is 3. The van der Waals surface area contributed by atoms with Crippen molar-refractivity contribution in [3.05, 3.63) is 56.3 Å². The van der Waals surface area contributed by atoms with E-state index in [0.717, 1.165) is 25.0 Å². The molecule has 0 spiro atoms. The standard InChI is InChI=1S/C16H11BrFN3O3S2/c1-25-16-19-14-9(3-2-4-12(14)26-16)7-20(8-22)11-6-5-10(17)13(18)15(11)21(23)24/h2-6,8H,7H2,1H3. The number of nitro benzene ring substituents is 1. The van der Waals surface area contributed by atoms with E-state index in [-0.39, 0.29) is 16.7 Å². The molecule has 1 aromatic heterocycles. The first-order chi connectivity index (χ1) is 12.5. The summed E-state index contributed by atoms with van der Waals surface area (Å²) in [7, 11) is 0. The summed E-state index contributed by atoms with van der Waals surface area (Å²) >= 11 is 5.97. The SMILES string of the molecule is CSc1nc2c(CN(C=O)c3ccc(Br)c(F)c3[N+](=O)[O-])cccc2s1. The van der Waals surface area contributed by atoms with Crippen molar-refractivity contribution in [1.29, 1.82) is 0 Å². The lowest BCUT2D eigenvalue weighted by Crippen LogP contribution is -2.22. The van der Waals surface area contributed by atoms with Gasteiger partial charge in [-0.25, -0.2) is 4.98 Å². The quantitative estimate of drug-likeness (QED) is 0.226. The van der Waals surface area contributed by atoms with Crippen molar-refractivity contribution in [1.82, 2.24) is 4.98 Å². The van der Waals surface area contributed by atoms with Crippen LogP contribution in [0.1, 0.15) is 5.56 Å². The highest BCUT2D eigenvalue weighted by atomic mass is 79.9. The molecule has 26 heavy (non-hydrogen) atoms. The van der Waals surface area contributed by atoms with Crippen LogP contribution in [-0.2, 0) is 11.3 Å². The maximum atomic E-state index is 14.2. The third-order valence-electron chi connectivity index (χ3n) is 3.67. The zero-order valence-corrected chi connectivity index (χ0v) is 16.5. The van der Waals surface area contributed by atoms with E-state index in [1.165, 1.54) is 35.2 Å². The summed E-state index contributed by atoms with van der Waals surface area (Å²) < 4.78 is 16.0. The molecule has 134 valence electrons. The van der Waals surface area contributed by atoms with Crippen LogP contribution in [0.3, 0.4) is 0 Å². The third-order valence-corrected chi connectivity index (χ3v) is 6.28. The predicted octanol–water partition coefficient (Wildman–Crippen LogP) is 4.99. The van der Waals surface area contributed by atoms with Gasteiger partial charge in [0.15, 0.2) is 4.34 Å². The van der Waals surface area contributed by atoms with Crippen LogP contribution in [0.25, 0.3) is 10.2 Å². The number of amides is 1. The number of carbonyl (C=O) groups excluding carboxylic acids is 1. The zero-order chi connectivity index (χ0) is 18.8. The number of carbonyl (C=O) groups is 1. The number of hydrogen-bond acceptors (Lipinski definition) is 6. The molecule has 1 amide bonds. The number of halogens is 2. The van der Waals surface area contributed by atoms with Crippen molar-refractivity contribution in [2.75, 3.05) is 11.2 Å². The van der Waals surface area contributed by atoms with E-state index in [9.17, 15) is 19.3 Å². The Balaban J connectivity index is 2.07. The lowest BCUT2D eigenvalue weighted by molar-refractivity contribution is -0.386. The Morgan fingerprint density at radius 1 is 1.42 bits per heavy atom. The van der Waals surface area contributed by atoms with Gasteiger partial charge in [-0.15, -0.1) is 11.3 Å². The molecular formula is C16H11BrFN3O3S2. The molecule has 1 heterocycles. The normalized spacial score (nSPS) is 10.9. The van der Waals surface area contributed by atoms with E-state index in [0.29, 0.717) is 6.41 Å². The Bertz CT molecular complexity index is 1010. The maximum Gasteiger partial charge on any atom is 0.329 e. The Morgan fingerprint density at radius 2 is 2.19 bits per heavy atom. The maximum absolute atomic E-state index is 14.2. The first-order valence-electron chi connectivity index (χ1n) is 7.23. The summed E-state index contributed by atoms with van der Waals surface area (Å²) in [5.74, 6) is -1.02. The molecule has 0 saturated carbocycles. The number of anilines is 1. The number of thiazole rings is 1. The van der Waals surface area contributed by atoms with Gasteiger partial charge in [0.05, 0.1) is 26.2 Å². The molecule has 0 aliphatic carbocycles. The molecule has 0 N–H and O–H groups in total. The molecule has 0 saturated heterocycles. The summed E-state index contributed by atoms with van der Waals surface area (Å²) in [6.07, 6.45) is 2.37. The molecule has 10 heteroatoms. The van der Waals surface area contributed by atoms with Gasteiger partial charge < -0.3 is 4.90 Å². The second-order valence-electron chi connectivity index (χ2n) is 5.17. The number of fused-ring (bicyclic) bond motifs is 1. The fourth-order valence-corrected chi connectivity index (χ4v) is 4.35. The third kappa shape index (κ3) is 3.44. The fourth-order valence-electron chi connectivity index (χ4n) is 2.50. The molecule has 3 aromatic rings. The van der Waals surface area contributed by atoms with Crippen molar-refractivity contribution < 1.29 is 14.1 Å². The Hall–Kier alpha value is -2.04. The lowest BCUT2D eigenvalue weighted by Gasteiger charge is -2.18. The van der Waals surface area contributed by atoms with Crippen molar-refractivity contribution in [3.8, 4) is 0 Å². The Labute approximate surface area is 164 Å². The number of rotatable bonds is 6. The van der Waals surface area contributed by atoms with Gasteiger partial charge in [-0.05, 0) is 45.9 Å². The molecule has 6 nitrogen and oxygen atoms in total. The van der Waals surface area contributed by atoms with E-state index in [2.05, 4.69) is 20.9 Å². The van der Waals surface area contributed by atoms with Crippen molar-refractivity contribution >= 4 is 67.0 Å². The number of para-hydroxylation sites is 1. The van der Waals surface area contributed by atoms with Gasteiger partial charge in [0.2, 0.25) is 12.2 Å².